The first kappa shape index (κ1) is 22.8. The molecule has 0 unspecified atom stereocenters. The minimum atomic E-state index is -3.67. The molecule has 1 saturated heterocycles. The van der Waals surface area contributed by atoms with E-state index in [1.54, 1.807) is 23.1 Å². The van der Waals surface area contributed by atoms with Crippen LogP contribution in [0, 0.1) is 5.92 Å². The van der Waals surface area contributed by atoms with Crippen LogP contribution in [-0.4, -0.2) is 34.0 Å². The summed E-state index contributed by atoms with van der Waals surface area (Å²) < 4.78 is 28.9. The Balaban J connectivity index is 1.46. The summed E-state index contributed by atoms with van der Waals surface area (Å²) in [6.45, 7) is 8.74. The summed E-state index contributed by atoms with van der Waals surface area (Å²) in [4.78, 5) is 16.5. The first-order valence-corrected chi connectivity index (χ1v) is 13.1. The summed E-state index contributed by atoms with van der Waals surface area (Å²) in [5, 5.41) is 0. The number of nitrogens with zero attached hydrogens (tertiary/aromatic N) is 2. The van der Waals surface area contributed by atoms with Crippen LogP contribution in [0.15, 0.2) is 47.4 Å². The zero-order chi connectivity index (χ0) is 22.9. The fourth-order valence-corrected chi connectivity index (χ4v) is 6.04. The lowest BCUT2D eigenvalue weighted by Crippen LogP contribution is -2.34. The third-order valence-corrected chi connectivity index (χ3v) is 8.15. The van der Waals surface area contributed by atoms with Gasteiger partial charge in [-0.1, -0.05) is 26.0 Å². The molecule has 0 spiro atoms. The van der Waals surface area contributed by atoms with Gasteiger partial charge in [0.1, 0.15) is 0 Å². The van der Waals surface area contributed by atoms with Crippen molar-refractivity contribution in [2.75, 3.05) is 29.4 Å². The third-order valence-electron chi connectivity index (χ3n) is 6.61. The van der Waals surface area contributed by atoms with E-state index < -0.39 is 10.0 Å². The molecule has 2 aromatic carbocycles. The van der Waals surface area contributed by atoms with E-state index in [2.05, 4.69) is 28.7 Å². The molecule has 2 heterocycles. The summed E-state index contributed by atoms with van der Waals surface area (Å²) >= 11 is 0. The Hall–Kier alpha value is -2.38. The molecule has 2 aliphatic rings. The first-order valence-electron chi connectivity index (χ1n) is 11.6. The fourth-order valence-electron chi connectivity index (χ4n) is 4.76. The van der Waals surface area contributed by atoms with Crippen molar-refractivity contribution in [1.29, 1.82) is 0 Å². The maximum absolute atomic E-state index is 13.0. The molecule has 4 rings (SSSR count). The van der Waals surface area contributed by atoms with E-state index in [4.69, 9.17) is 0 Å². The molecule has 2 aliphatic heterocycles. The number of rotatable bonds is 6. The van der Waals surface area contributed by atoms with Gasteiger partial charge in [-0.3, -0.25) is 4.79 Å². The number of hydrogen-bond acceptors (Lipinski definition) is 4. The van der Waals surface area contributed by atoms with E-state index >= 15 is 0 Å². The second-order valence-corrected chi connectivity index (χ2v) is 10.8. The van der Waals surface area contributed by atoms with Crippen LogP contribution < -0.4 is 14.5 Å². The van der Waals surface area contributed by atoms with E-state index in [1.807, 2.05) is 26.0 Å². The second kappa shape index (κ2) is 9.24. The summed E-state index contributed by atoms with van der Waals surface area (Å²) in [6.07, 6.45) is 3.61. The standard InChI is InChI=1S/C25H33N3O3S/c1-4-25(29)28-15-13-21-16-23(11-12-24(21)28)32(30,31)26-19(3)20-7-9-22(10-8-20)27-14-5-6-18(2)17-27/h7-12,16,18-19,26H,4-6,13-15,17H2,1-3H3/t18-,19+/m1/s1. The van der Waals surface area contributed by atoms with Crippen LogP contribution in [0.3, 0.4) is 0 Å². The van der Waals surface area contributed by atoms with Crippen LogP contribution >= 0.6 is 0 Å². The van der Waals surface area contributed by atoms with Crippen molar-refractivity contribution in [3.8, 4) is 0 Å². The van der Waals surface area contributed by atoms with E-state index in [0.29, 0.717) is 25.3 Å². The minimum Gasteiger partial charge on any atom is -0.371 e. The smallest absolute Gasteiger partial charge is 0.241 e. The Morgan fingerprint density at radius 3 is 2.59 bits per heavy atom. The van der Waals surface area contributed by atoms with Crippen LogP contribution in [-0.2, 0) is 21.2 Å². The highest BCUT2D eigenvalue weighted by Gasteiger charge is 2.26. The van der Waals surface area contributed by atoms with E-state index in [0.717, 1.165) is 29.9 Å². The van der Waals surface area contributed by atoms with Gasteiger partial charge in [0, 0.05) is 43.5 Å². The summed E-state index contributed by atoms with van der Waals surface area (Å²) in [5.41, 5.74) is 3.86. The molecule has 1 N–H and O–H groups in total. The molecule has 0 saturated carbocycles. The number of anilines is 2. The van der Waals surface area contributed by atoms with Crippen molar-refractivity contribution in [3.05, 3.63) is 53.6 Å². The average molecular weight is 456 g/mol. The highest BCUT2D eigenvalue weighted by atomic mass is 32.2. The SMILES string of the molecule is CCC(=O)N1CCc2cc(S(=O)(=O)N[C@@H](C)c3ccc(N4CCC[C@@H](C)C4)cc3)ccc21. The molecular formula is C25H33N3O3S. The molecule has 0 bridgehead atoms. The van der Waals surface area contributed by atoms with Crippen molar-refractivity contribution < 1.29 is 13.2 Å². The maximum Gasteiger partial charge on any atom is 0.241 e. The molecule has 1 amide bonds. The third kappa shape index (κ3) is 4.69. The van der Waals surface area contributed by atoms with Crippen LogP contribution in [0.25, 0.3) is 0 Å². The number of carbonyl (C=O) groups excluding carboxylic acids is 1. The Morgan fingerprint density at radius 2 is 1.91 bits per heavy atom. The summed E-state index contributed by atoms with van der Waals surface area (Å²) in [5.74, 6) is 0.766. The van der Waals surface area contributed by atoms with Gasteiger partial charge in [0.05, 0.1) is 4.90 Å². The maximum atomic E-state index is 13.0. The molecule has 1 fully saturated rings. The lowest BCUT2D eigenvalue weighted by atomic mass is 9.99. The fraction of sp³-hybridized carbons (Fsp3) is 0.480. The molecule has 32 heavy (non-hydrogen) atoms. The predicted octanol–water partition coefficient (Wildman–Crippen LogP) is 4.26. The summed E-state index contributed by atoms with van der Waals surface area (Å²) in [6, 6.07) is 12.9. The van der Waals surface area contributed by atoms with Crippen LogP contribution in [0.1, 0.15) is 57.2 Å². The van der Waals surface area contributed by atoms with Gasteiger partial charge >= 0.3 is 0 Å². The van der Waals surface area contributed by atoms with Gasteiger partial charge in [-0.15, -0.1) is 0 Å². The number of amides is 1. The van der Waals surface area contributed by atoms with Crippen LogP contribution in [0.4, 0.5) is 11.4 Å². The van der Waals surface area contributed by atoms with Crippen LogP contribution in [0.2, 0.25) is 0 Å². The van der Waals surface area contributed by atoms with Crippen molar-refractivity contribution >= 4 is 27.3 Å². The molecule has 2 atom stereocenters. The molecule has 2 aromatic rings. The van der Waals surface area contributed by atoms with Crippen molar-refractivity contribution in [2.24, 2.45) is 5.92 Å². The molecule has 0 aromatic heterocycles. The zero-order valence-electron chi connectivity index (χ0n) is 19.2. The van der Waals surface area contributed by atoms with Gasteiger partial charge in [-0.25, -0.2) is 13.1 Å². The normalized spacial score (nSPS) is 19.7. The quantitative estimate of drug-likeness (QED) is 0.707. The monoisotopic (exact) mass is 455 g/mol. The van der Waals surface area contributed by atoms with E-state index in [9.17, 15) is 13.2 Å². The van der Waals surface area contributed by atoms with Crippen molar-refractivity contribution in [1.82, 2.24) is 4.72 Å². The molecule has 172 valence electrons. The number of nitrogens with one attached hydrogen (secondary N) is 1. The van der Waals surface area contributed by atoms with Gasteiger partial charge < -0.3 is 9.80 Å². The van der Waals surface area contributed by atoms with Gasteiger partial charge in [0.25, 0.3) is 0 Å². The summed E-state index contributed by atoms with van der Waals surface area (Å²) in [7, 11) is -3.67. The first-order chi connectivity index (χ1) is 15.3. The van der Waals surface area contributed by atoms with Gasteiger partial charge in [0.2, 0.25) is 15.9 Å². The molecule has 6 nitrogen and oxygen atoms in total. The topological polar surface area (TPSA) is 69.7 Å². The minimum absolute atomic E-state index is 0.0635. The molecule has 0 radical (unpaired) electrons. The van der Waals surface area contributed by atoms with Crippen molar-refractivity contribution in [2.45, 2.75) is 57.4 Å². The number of carbonyl (C=O) groups is 1. The Morgan fingerprint density at radius 1 is 1.16 bits per heavy atom. The molecular weight excluding hydrogens is 422 g/mol. The Labute approximate surface area is 191 Å². The lowest BCUT2D eigenvalue weighted by Gasteiger charge is -2.33. The molecule has 0 aliphatic carbocycles. The lowest BCUT2D eigenvalue weighted by molar-refractivity contribution is -0.118. The largest absolute Gasteiger partial charge is 0.371 e. The number of hydrogen-bond donors (Lipinski definition) is 1. The van der Waals surface area contributed by atoms with Gasteiger partial charge in [-0.2, -0.15) is 0 Å². The second-order valence-electron chi connectivity index (χ2n) is 9.07. The number of piperidine rings is 1. The highest BCUT2D eigenvalue weighted by molar-refractivity contribution is 7.89. The number of fused-ring (bicyclic) bond motifs is 1. The average Bonchev–Trinajstić information content (AvgIpc) is 3.22. The van der Waals surface area contributed by atoms with Crippen molar-refractivity contribution in [3.63, 3.8) is 0 Å². The van der Waals surface area contributed by atoms with Gasteiger partial charge in [-0.05, 0) is 73.6 Å². The molecule has 7 heteroatoms. The van der Waals surface area contributed by atoms with Gasteiger partial charge in [0.15, 0.2) is 0 Å². The number of benzene rings is 2. The Bertz CT molecular complexity index is 1080. The Kier molecular flexibility index (Phi) is 6.58. The van der Waals surface area contributed by atoms with E-state index in [-0.39, 0.29) is 16.8 Å². The van der Waals surface area contributed by atoms with Crippen LogP contribution in [0.5, 0.6) is 0 Å². The highest BCUT2D eigenvalue weighted by Crippen LogP contribution is 2.31. The van der Waals surface area contributed by atoms with E-state index in [1.165, 1.54) is 18.5 Å². The number of sulfonamides is 1. The predicted molar refractivity (Wildman–Crippen MR) is 129 cm³/mol. The zero-order valence-corrected chi connectivity index (χ0v) is 20.0.